The smallest absolute Gasteiger partial charge is 0.242 e. The van der Waals surface area contributed by atoms with Gasteiger partial charge in [0.15, 0.2) is 0 Å². The maximum atomic E-state index is 12.4. The second-order valence-electron chi connectivity index (χ2n) is 7.02. The SMILES string of the molecule is CN(C)S(=O)(=O)c1ccc(Cl)c(NC(=O)CCN2CCc3ccccc3C2)c1. The van der Waals surface area contributed by atoms with Crippen LogP contribution < -0.4 is 5.32 Å². The van der Waals surface area contributed by atoms with E-state index in [1.54, 1.807) is 0 Å². The minimum absolute atomic E-state index is 0.0878. The lowest BCUT2D eigenvalue weighted by molar-refractivity contribution is -0.116. The summed E-state index contributed by atoms with van der Waals surface area (Å²) >= 11 is 6.14. The van der Waals surface area contributed by atoms with E-state index in [9.17, 15) is 13.2 Å². The van der Waals surface area contributed by atoms with Gasteiger partial charge >= 0.3 is 0 Å². The number of nitrogens with zero attached hydrogens (tertiary/aromatic N) is 2. The standard InChI is InChI=1S/C20H24ClN3O3S/c1-23(2)28(26,27)17-7-8-18(21)19(13-17)22-20(25)10-12-24-11-9-15-5-3-4-6-16(15)14-24/h3-8,13H,9-12,14H2,1-2H3,(H,22,25). The van der Waals surface area contributed by atoms with Gasteiger partial charge in [-0.15, -0.1) is 0 Å². The summed E-state index contributed by atoms with van der Waals surface area (Å²) in [6.45, 7) is 2.38. The molecule has 0 bridgehead atoms. The topological polar surface area (TPSA) is 69.7 Å². The Kier molecular flexibility index (Phi) is 6.40. The number of carbonyl (C=O) groups excluding carboxylic acids is 1. The quantitative estimate of drug-likeness (QED) is 0.778. The number of halogens is 1. The molecular weight excluding hydrogens is 398 g/mol. The summed E-state index contributed by atoms with van der Waals surface area (Å²) in [7, 11) is -0.680. The predicted octanol–water partition coefficient (Wildman–Crippen LogP) is 2.98. The van der Waals surface area contributed by atoms with E-state index in [0.717, 1.165) is 23.8 Å². The van der Waals surface area contributed by atoms with Crippen LogP contribution in [0.3, 0.4) is 0 Å². The number of amides is 1. The summed E-state index contributed by atoms with van der Waals surface area (Å²) in [6.07, 6.45) is 1.29. The number of carbonyl (C=O) groups is 1. The highest BCUT2D eigenvalue weighted by molar-refractivity contribution is 7.89. The summed E-state index contributed by atoms with van der Waals surface area (Å²) in [5.41, 5.74) is 2.98. The van der Waals surface area contributed by atoms with Crippen LogP contribution in [0.4, 0.5) is 5.69 Å². The minimum atomic E-state index is -3.59. The van der Waals surface area contributed by atoms with Gasteiger partial charge in [-0.25, -0.2) is 12.7 Å². The van der Waals surface area contributed by atoms with E-state index in [2.05, 4.69) is 28.4 Å². The summed E-state index contributed by atoms with van der Waals surface area (Å²) in [5, 5.41) is 3.04. The van der Waals surface area contributed by atoms with E-state index in [0.29, 0.717) is 23.7 Å². The van der Waals surface area contributed by atoms with Crippen LogP contribution >= 0.6 is 11.6 Å². The first-order valence-electron chi connectivity index (χ1n) is 9.08. The third kappa shape index (κ3) is 4.72. The van der Waals surface area contributed by atoms with Gasteiger partial charge in [-0.3, -0.25) is 9.69 Å². The lowest BCUT2D eigenvalue weighted by Gasteiger charge is -2.28. The Labute approximate surface area is 171 Å². The monoisotopic (exact) mass is 421 g/mol. The second kappa shape index (κ2) is 8.61. The molecule has 2 aromatic rings. The molecule has 1 aliphatic rings. The fourth-order valence-corrected chi connectivity index (χ4v) is 4.28. The van der Waals surface area contributed by atoms with Gasteiger partial charge in [0, 0.05) is 40.2 Å². The molecule has 28 heavy (non-hydrogen) atoms. The minimum Gasteiger partial charge on any atom is -0.325 e. The highest BCUT2D eigenvalue weighted by atomic mass is 35.5. The second-order valence-corrected chi connectivity index (χ2v) is 9.58. The van der Waals surface area contributed by atoms with Crippen molar-refractivity contribution in [3.63, 3.8) is 0 Å². The number of hydrogen-bond donors (Lipinski definition) is 1. The van der Waals surface area contributed by atoms with Crippen molar-refractivity contribution in [3.8, 4) is 0 Å². The van der Waals surface area contributed by atoms with Crippen LogP contribution in [-0.4, -0.2) is 50.7 Å². The van der Waals surface area contributed by atoms with Crippen molar-refractivity contribution in [2.75, 3.05) is 32.5 Å². The molecule has 0 spiro atoms. The number of rotatable bonds is 6. The number of fused-ring (bicyclic) bond motifs is 1. The van der Waals surface area contributed by atoms with Crippen LogP contribution in [0.1, 0.15) is 17.5 Å². The van der Waals surface area contributed by atoms with Crippen molar-refractivity contribution in [1.82, 2.24) is 9.21 Å². The first-order valence-corrected chi connectivity index (χ1v) is 10.9. The largest absolute Gasteiger partial charge is 0.325 e. The van der Waals surface area contributed by atoms with Crippen molar-refractivity contribution >= 4 is 33.2 Å². The van der Waals surface area contributed by atoms with Crippen molar-refractivity contribution in [2.45, 2.75) is 24.3 Å². The van der Waals surface area contributed by atoms with Gasteiger partial charge in [0.2, 0.25) is 15.9 Å². The molecular formula is C20H24ClN3O3S. The Morgan fingerprint density at radius 3 is 2.61 bits per heavy atom. The number of anilines is 1. The number of benzene rings is 2. The molecule has 150 valence electrons. The fraction of sp³-hybridized carbons (Fsp3) is 0.350. The predicted molar refractivity (Wildman–Crippen MR) is 111 cm³/mol. The molecule has 0 saturated heterocycles. The summed E-state index contributed by atoms with van der Waals surface area (Å²) < 4.78 is 25.7. The normalized spacial score (nSPS) is 14.7. The Bertz CT molecular complexity index is 976. The molecule has 0 radical (unpaired) electrons. The zero-order valence-corrected chi connectivity index (χ0v) is 17.6. The van der Waals surface area contributed by atoms with Crippen molar-refractivity contribution in [3.05, 3.63) is 58.6 Å². The summed E-state index contributed by atoms with van der Waals surface area (Å²) in [6, 6.07) is 12.7. The first kappa shape index (κ1) is 20.8. The third-order valence-corrected chi connectivity index (χ3v) is 7.00. The van der Waals surface area contributed by atoms with Crippen LogP contribution in [0, 0.1) is 0 Å². The number of hydrogen-bond acceptors (Lipinski definition) is 4. The molecule has 1 N–H and O–H groups in total. The third-order valence-electron chi connectivity index (χ3n) is 4.86. The van der Waals surface area contributed by atoms with Gasteiger partial charge in [0.25, 0.3) is 0 Å². The van der Waals surface area contributed by atoms with E-state index in [-0.39, 0.29) is 10.8 Å². The molecule has 8 heteroatoms. The lowest BCUT2D eigenvalue weighted by atomic mass is 10.00. The Morgan fingerprint density at radius 1 is 1.18 bits per heavy atom. The van der Waals surface area contributed by atoms with Crippen LogP contribution in [-0.2, 0) is 27.8 Å². The van der Waals surface area contributed by atoms with Gasteiger partial charge in [0.05, 0.1) is 15.6 Å². The molecule has 0 aliphatic carbocycles. The van der Waals surface area contributed by atoms with Gasteiger partial charge in [-0.2, -0.15) is 0 Å². The van der Waals surface area contributed by atoms with E-state index in [1.807, 2.05) is 6.07 Å². The molecule has 3 rings (SSSR count). The number of sulfonamides is 1. The molecule has 1 amide bonds. The molecule has 1 aliphatic heterocycles. The molecule has 0 fully saturated rings. The zero-order chi connectivity index (χ0) is 20.3. The highest BCUT2D eigenvalue weighted by Gasteiger charge is 2.20. The van der Waals surface area contributed by atoms with Crippen LogP contribution in [0.2, 0.25) is 5.02 Å². The van der Waals surface area contributed by atoms with Crippen LogP contribution in [0.15, 0.2) is 47.4 Å². The van der Waals surface area contributed by atoms with E-state index in [1.165, 1.54) is 43.4 Å². The van der Waals surface area contributed by atoms with Crippen LogP contribution in [0.25, 0.3) is 0 Å². The van der Waals surface area contributed by atoms with Crippen molar-refractivity contribution < 1.29 is 13.2 Å². The molecule has 0 saturated carbocycles. The van der Waals surface area contributed by atoms with Gasteiger partial charge in [0.1, 0.15) is 0 Å². The van der Waals surface area contributed by atoms with E-state index in [4.69, 9.17) is 11.6 Å². The van der Waals surface area contributed by atoms with E-state index < -0.39 is 10.0 Å². The zero-order valence-electron chi connectivity index (χ0n) is 16.0. The molecule has 2 aromatic carbocycles. The highest BCUT2D eigenvalue weighted by Crippen LogP contribution is 2.26. The maximum Gasteiger partial charge on any atom is 0.242 e. The first-order chi connectivity index (χ1) is 13.3. The average Bonchev–Trinajstić information content (AvgIpc) is 2.67. The lowest BCUT2D eigenvalue weighted by Crippen LogP contribution is -2.33. The molecule has 6 nitrogen and oxygen atoms in total. The van der Waals surface area contributed by atoms with Gasteiger partial charge in [-0.05, 0) is 35.7 Å². The van der Waals surface area contributed by atoms with Gasteiger partial charge < -0.3 is 5.32 Å². The van der Waals surface area contributed by atoms with Crippen molar-refractivity contribution in [1.29, 1.82) is 0 Å². The Hall–Kier alpha value is -1.93. The summed E-state index contributed by atoms with van der Waals surface area (Å²) in [4.78, 5) is 14.7. The fourth-order valence-electron chi connectivity index (χ4n) is 3.19. The van der Waals surface area contributed by atoms with Crippen molar-refractivity contribution in [2.24, 2.45) is 0 Å². The molecule has 0 aromatic heterocycles. The maximum absolute atomic E-state index is 12.4. The summed E-state index contributed by atoms with van der Waals surface area (Å²) in [5.74, 6) is -0.194. The average molecular weight is 422 g/mol. The molecule has 1 heterocycles. The van der Waals surface area contributed by atoms with Crippen LogP contribution in [0.5, 0.6) is 0 Å². The van der Waals surface area contributed by atoms with E-state index >= 15 is 0 Å². The molecule has 0 atom stereocenters. The number of nitrogens with one attached hydrogen (secondary N) is 1. The Balaban J connectivity index is 1.61. The Morgan fingerprint density at radius 2 is 1.89 bits per heavy atom. The molecule has 0 unspecified atom stereocenters. The van der Waals surface area contributed by atoms with Gasteiger partial charge in [-0.1, -0.05) is 35.9 Å².